The fourth-order valence-corrected chi connectivity index (χ4v) is 1.67. The summed E-state index contributed by atoms with van der Waals surface area (Å²) in [5.74, 6) is -0.753. The summed E-state index contributed by atoms with van der Waals surface area (Å²) in [6.45, 7) is 0. The second-order valence-electron chi connectivity index (χ2n) is 4.00. The first-order chi connectivity index (χ1) is 7.25. The van der Waals surface area contributed by atoms with Crippen LogP contribution < -0.4 is 5.32 Å². The van der Waals surface area contributed by atoms with Crippen molar-refractivity contribution in [3.63, 3.8) is 0 Å². The smallest absolute Gasteiger partial charge is 0.305 e. The van der Waals surface area contributed by atoms with Crippen molar-refractivity contribution in [2.24, 2.45) is 0 Å². The average Bonchev–Trinajstić information content (AvgIpc) is 3.01. The summed E-state index contributed by atoms with van der Waals surface area (Å²) in [4.78, 5) is 10.7. The molecule has 2 N–H and O–H groups in total. The minimum Gasteiger partial charge on any atom is -0.481 e. The van der Waals surface area contributed by atoms with Gasteiger partial charge in [0.15, 0.2) is 0 Å². The van der Waals surface area contributed by atoms with E-state index in [4.69, 9.17) is 5.11 Å². The first-order valence-corrected chi connectivity index (χ1v) is 5.28. The Morgan fingerprint density at radius 2 is 2.07 bits per heavy atom. The Bertz CT molecular complexity index is 333. The number of carbonyl (C=O) groups is 1. The lowest BCUT2D eigenvalue weighted by atomic mass is 10.0. The molecule has 0 aliphatic heterocycles. The first-order valence-electron chi connectivity index (χ1n) is 5.28. The third-order valence-electron chi connectivity index (χ3n) is 2.59. The van der Waals surface area contributed by atoms with Crippen LogP contribution >= 0.6 is 0 Å². The molecule has 0 aromatic heterocycles. The van der Waals surface area contributed by atoms with Gasteiger partial charge in [0.1, 0.15) is 0 Å². The quantitative estimate of drug-likeness (QED) is 0.772. The van der Waals surface area contributed by atoms with Crippen molar-refractivity contribution >= 4 is 5.97 Å². The van der Waals surface area contributed by atoms with Gasteiger partial charge in [-0.05, 0) is 18.4 Å². The van der Waals surface area contributed by atoms with Crippen LogP contribution in [-0.4, -0.2) is 17.1 Å². The van der Waals surface area contributed by atoms with E-state index in [0.29, 0.717) is 6.04 Å². The van der Waals surface area contributed by atoms with Gasteiger partial charge in [-0.15, -0.1) is 0 Å². The summed E-state index contributed by atoms with van der Waals surface area (Å²) in [6.07, 6.45) is 2.49. The molecular weight excluding hydrogens is 190 g/mol. The maximum absolute atomic E-state index is 10.7. The van der Waals surface area contributed by atoms with Gasteiger partial charge >= 0.3 is 5.97 Å². The molecule has 0 radical (unpaired) electrons. The minimum atomic E-state index is -0.753. The monoisotopic (exact) mass is 205 g/mol. The summed E-state index contributed by atoms with van der Waals surface area (Å²) in [6, 6.07) is 10.3. The Hall–Kier alpha value is -1.35. The SMILES string of the molecule is O=C(O)CC(NC1CC1)c1ccccc1. The van der Waals surface area contributed by atoms with Crippen LogP contribution in [0.1, 0.15) is 30.9 Å². The van der Waals surface area contributed by atoms with E-state index in [9.17, 15) is 4.79 Å². The van der Waals surface area contributed by atoms with Crippen LogP contribution in [0, 0.1) is 0 Å². The number of rotatable bonds is 5. The van der Waals surface area contributed by atoms with E-state index in [2.05, 4.69) is 5.32 Å². The topological polar surface area (TPSA) is 49.3 Å². The molecule has 80 valence electrons. The predicted octanol–water partition coefficient (Wildman–Crippen LogP) is 1.95. The third kappa shape index (κ3) is 3.06. The van der Waals surface area contributed by atoms with Gasteiger partial charge in [0.2, 0.25) is 0 Å². The van der Waals surface area contributed by atoms with Gasteiger partial charge in [-0.2, -0.15) is 0 Å². The zero-order valence-electron chi connectivity index (χ0n) is 8.52. The fourth-order valence-electron chi connectivity index (χ4n) is 1.67. The zero-order valence-corrected chi connectivity index (χ0v) is 8.52. The molecule has 2 rings (SSSR count). The summed E-state index contributed by atoms with van der Waals surface area (Å²) < 4.78 is 0. The molecule has 0 bridgehead atoms. The van der Waals surface area contributed by atoms with E-state index in [0.717, 1.165) is 5.56 Å². The number of nitrogens with one attached hydrogen (secondary N) is 1. The highest BCUT2D eigenvalue weighted by Crippen LogP contribution is 2.25. The van der Waals surface area contributed by atoms with E-state index >= 15 is 0 Å². The third-order valence-corrected chi connectivity index (χ3v) is 2.59. The molecule has 3 heteroatoms. The largest absolute Gasteiger partial charge is 0.481 e. The van der Waals surface area contributed by atoms with E-state index < -0.39 is 5.97 Å². The molecule has 1 unspecified atom stereocenters. The summed E-state index contributed by atoms with van der Waals surface area (Å²) >= 11 is 0. The maximum Gasteiger partial charge on any atom is 0.305 e. The number of carboxylic acids is 1. The van der Waals surface area contributed by atoms with Crippen molar-refractivity contribution < 1.29 is 9.90 Å². The highest BCUT2D eigenvalue weighted by Gasteiger charge is 2.26. The van der Waals surface area contributed by atoms with Crippen molar-refractivity contribution in [1.29, 1.82) is 0 Å². The summed E-state index contributed by atoms with van der Waals surface area (Å²) in [5.41, 5.74) is 1.06. The van der Waals surface area contributed by atoms with Crippen molar-refractivity contribution in [2.45, 2.75) is 31.3 Å². The minimum absolute atomic E-state index is 0.0452. The summed E-state index contributed by atoms with van der Waals surface area (Å²) in [5, 5.41) is 12.2. The molecule has 0 saturated heterocycles. The van der Waals surface area contributed by atoms with Crippen molar-refractivity contribution in [2.75, 3.05) is 0 Å². The second-order valence-corrected chi connectivity index (χ2v) is 4.00. The lowest BCUT2D eigenvalue weighted by molar-refractivity contribution is -0.137. The zero-order chi connectivity index (χ0) is 10.7. The molecule has 0 heterocycles. The molecule has 15 heavy (non-hydrogen) atoms. The Balaban J connectivity index is 2.06. The normalized spacial score (nSPS) is 17.3. The molecule has 1 atom stereocenters. The Morgan fingerprint density at radius 1 is 1.40 bits per heavy atom. The van der Waals surface area contributed by atoms with Gasteiger partial charge in [-0.25, -0.2) is 0 Å². The van der Waals surface area contributed by atoms with E-state index in [1.807, 2.05) is 30.3 Å². The summed E-state index contributed by atoms with van der Waals surface area (Å²) in [7, 11) is 0. The Morgan fingerprint density at radius 3 is 2.60 bits per heavy atom. The van der Waals surface area contributed by atoms with Crippen LogP contribution in [0.4, 0.5) is 0 Å². The molecule has 1 aromatic carbocycles. The van der Waals surface area contributed by atoms with Crippen molar-refractivity contribution in [3.05, 3.63) is 35.9 Å². The van der Waals surface area contributed by atoms with Gasteiger partial charge < -0.3 is 10.4 Å². The number of aliphatic carboxylic acids is 1. The highest BCUT2D eigenvalue weighted by molar-refractivity contribution is 5.68. The van der Waals surface area contributed by atoms with Crippen LogP contribution in [0.2, 0.25) is 0 Å². The van der Waals surface area contributed by atoms with Crippen LogP contribution in [0.25, 0.3) is 0 Å². The molecule has 3 nitrogen and oxygen atoms in total. The van der Waals surface area contributed by atoms with Gasteiger partial charge in [-0.1, -0.05) is 30.3 Å². The molecule has 1 aliphatic carbocycles. The average molecular weight is 205 g/mol. The predicted molar refractivity (Wildman–Crippen MR) is 57.6 cm³/mol. The molecule has 0 amide bonds. The molecule has 1 aromatic rings. The molecule has 1 aliphatic rings. The van der Waals surface area contributed by atoms with E-state index in [1.165, 1.54) is 12.8 Å². The number of carboxylic acid groups (broad SMARTS) is 1. The first kappa shape index (κ1) is 10.2. The van der Waals surface area contributed by atoms with Gasteiger partial charge in [0, 0.05) is 12.1 Å². The molecule has 1 saturated carbocycles. The van der Waals surface area contributed by atoms with Crippen LogP contribution in [0.3, 0.4) is 0 Å². The Labute approximate surface area is 89.1 Å². The maximum atomic E-state index is 10.7. The van der Waals surface area contributed by atoms with Crippen LogP contribution in [0.5, 0.6) is 0 Å². The fraction of sp³-hybridized carbons (Fsp3) is 0.417. The number of hydrogen-bond acceptors (Lipinski definition) is 2. The standard InChI is InChI=1S/C12H15NO2/c14-12(15)8-11(13-10-6-7-10)9-4-2-1-3-5-9/h1-5,10-11,13H,6-8H2,(H,14,15). The van der Waals surface area contributed by atoms with E-state index in [-0.39, 0.29) is 12.5 Å². The van der Waals surface area contributed by atoms with Gasteiger partial charge in [-0.3, -0.25) is 4.79 Å². The van der Waals surface area contributed by atoms with Crippen LogP contribution in [0.15, 0.2) is 30.3 Å². The molecule has 1 fully saturated rings. The second kappa shape index (κ2) is 4.45. The lowest BCUT2D eigenvalue weighted by Gasteiger charge is -2.16. The molecule has 0 spiro atoms. The van der Waals surface area contributed by atoms with Gasteiger partial charge in [0.25, 0.3) is 0 Å². The number of benzene rings is 1. The Kier molecular flexibility index (Phi) is 3.02. The van der Waals surface area contributed by atoms with Crippen molar-refractivity contribution in [3.8, 4) is 0 Å². The highest BCUT2D eigenvalue weighted by atomic mass is 16.4. The lowest BCUT2D eigenvalue weighted by Crippen LogP contribution is -2.25. The van der Waals surface area contributed by atoms with E-state index in [1.54, 1.807) is 0 Å². The van der Waals surface area contributed by atoms with Gasteiger partial charge in [0.05, 0.1) is 6.42 Å². The van der Waals surface area contributed by atoms with Crippen molar-refractivity contribution in [1.82, 2.24) is 5.32 Å². The molecular formula is C12H15NO2. The number of hydrogen-bond donors (Lipinski definition) is 2. The van der Waals surface area contributed by atoms with Crippen LogP contribution in [-0.2, 0) is 4.79 Å².